The van der Waals surface area contributed by atoms with E-state index in [9.17, 15) is 22.8 Å². The van der Waals surface area contributed by atoms with Crippen LogP contribution in [0.2, 0.25) is 0 Å². The van der Waals surface area contributed by atoms with E-state index in [1.54, 1.807) is 0 Å². The minimum Gasteiger partial charge on any atom is -0.377 e. The molecule has 3 aliphatic heterocycles. The molecule has 0 bridgehead atoms. The molecule has 4 heterocycles. The van der Waals surface area contributed by atoms with E-state index in [2.05, 4.69) is 25.2 Å². The average molecular weight is 604 g/mol. The van der Waals surface area contributed by atoms with Crippen LogP contribution in [0.15, 0.2) is 41.2 Å². The number of aromatic nitrogens is 2. The molecule has 1 aromatic heterocycles. The fraction of sp³-hybridized carbons (Fsp3) is 0.483. The molecular weight excluding hydrogens is 570 g/mol. The van der Waals surface area contributed by atoms with Crippen molar-refractivity contribution in [3.8, 4) is 11.1 Å². The van der Waals surface area contributed by atoms with Crippen molar-refractivity contribution in [3.05, 3.63) is 42.0 Å². The van der Waals surface area contributed by atoms with E-state index in [1.165, 1.54) is 24.5 Å². The van der Waals surface area contributed by atoms with Crippen LogP contribution in [0, 0.1) is 11.7 Å². The molecule has 230 valence electrons. The van der Waals surface area contributed by atoms with E-state index in [-0.39, 0.29) is 29.4 Å². The number of alkyl halides is 3. The maximum Gasteiger partial charge on any atom is 0.414 e. The Morgan fingerprint density at radius 3 is 2.37 bits per heavy atom. The van der Waals surface area contributed by atoms with E-state index in [0.717, 1.165) is 0 Å². The Kier molecular flexibility index (Phi) is 8.52. The number of morpholine rings is 1. The van der Waals surface area contributed by atoms with Crippen molar-refractivity contribution in [1.82, 2.24) is 14.9 Å². The van der Waals surface area contributed by atoms with Gasteiger partial charge in [0.25, 0.3) is 5.91 Å². The average Bonchev–Trinajstić information content (AvgIpc) is 2.96. The number of anilines is 3. The highest BCUT2D eigenvalue weighted by Crippen LogP contribution is 2.38. The van der Waals surface area contributed by atoms with Gasteiger partial charge in [-0.1, -0.05) is 0 Å². The first-order valence-electron chi connectivity index (χ1n) is 14.0. The van der Waals surface area contributed by atoms with Crippen molar-refractivity contribution in [3.63, 3.8) is 0 Å². The molecule has 4 atom stereocenters. The summed E-state index contributed by atoms with van der Waals surface area (Å²) in [5.41, 5.74) is -0.498. The SMILES string of the molecule is C[C@@H]1COCCN1c1ncc(-c2cc(NC(=O)C3C=NC(=O)C=C3C(F)(F)F)c(N3C[C@@H](C)N(C)[C@@H](C)C3)cc2F)cn1. The highest BCUT2D eigenvalue weighted by Gasteiger charge is 2.43. The molecule has 2 amide bonds. The highest BCUT2D eigenvalue weighted by atomic mass is 19.4. The Morgan fingerprint density at radius 2 is 1.74 bits per heavy atom. The summed E-state index contributed by atoms with van der Waals surface area (Å²) < 4.78 is 62.4. The summed E-state index contributed by atoms with van der Waals surface area (Å²) in [6, 6.07) is 2.87. The topological polar surface area (TPSA) is 103 Å². The van der Waals surface area contributed by atoms with E-state index in [0.29, 0.717) is 62.3 Å². The molecule has 0 spiro atoms. The molecule has 5 rings (SSSR count). The Hall–Kier alpha value is -3.91. The number of nitrogens with zero attached hydrogens (tertiary/aromatic N) is 6. The first kappa shape index (κ1) is 30.5. The van der Waals surface area contributed by atoms with Crippen molar-refractivity contribution in [2.45, 2.75) is 45.1 Å². The lowest BCUT2D eigenvalue weighted by Gasteiger charge is -2.44. The van der Waals surface area contributed by atoms with Crippen LogP contribution < -0.4 is 15.1 Å². The van der Waals surface area contributed by atoms with Gasteiger partial charge < -0.3 is 19.9 Å². The second-order valence-corrected chi connectivity index (χ2v) is 11.2. The molecule has 3 aliphatic rings. The normalized spacial score (nSPS) is 25.1. The molecule has 2 saturated heterocycles. The number of carbonyl (C=O) groups excluding carboxylic acids is 2. The number of carbonyl (C=O) groups is 2. The molecule has 10 nitrogen and oxygen atoms in total. The van der Waals surface area contributed by atoms with Crippen LogP contribution in [0.3, 0.4) is 0 Å². The summed E-state index contributed by atoms with van der Waals surface area (Å²) >= 11 is 0. The number of hydrogen-bond donors (Lipinski definition) is 1. The van der Waals surface area contributed by atoms with Crippen molar-refractivity contribution >= 4 is 35.4 Å². The summed E-state index contributed by atoms with van der Waals surface area (Å²) in [5.74, 6) is -4.16. The number of dihydropyridines is 1. The van der Waals surface area contributed by atoms with E-state index >= 15 is 4.39 Å². The van der Waals surface area contributed by atoms with Gasteiger partial charge in [-0.05, 0) is 40.0 Å². The minimum absolute atomic E-state index is 0.0556. The number of rotatable bonds is 5. The number of piperazine rings is 1. The summed E-state index contributed by atoms with van der Waals surface area (Å²) in [6.07, 6.45) is -0.987. The predicted octanol–water partition coefficient (Wildman–Crippen LogP) is 3.69. The fourth-order valence-electron chi connectivity index (χ4n) is 5.55. The molecule has 1 N–H and O–H groups in total. The van der Waals surface area contributed by atoms with E-state index in [4.69, 9.17) is 4.74 Å². The minimum atomic E-state index is -4.93. The Balaban J connectivity index is 1.52. The van der Waals surface area contributed by atoms with E-state index in [1.807, 2.05) is 37.6 Å². The van der Waals surface area contributed by atoms with Gasteiger partial charge in [0, 0.05) is 67.5 Å². The van der Waals surface area contributed by atoms with Crippen LogP contribution in [0.25, 0.3) is 11.1 Å². The summed E-state index contributed by atoms with van der Waals surface area (Å²) in [6.45, 7) is 8.64. The largest absolute Gasteiger partial charge is 0.414 e. The van der Waals surface area contributed by atoms with Gasteiger partial charge in [0.1, 0.15) is 11.7 Å². The quantitative estimate of drug-likeness (QED) is 0.517. The van der Waals surface area contributed by atoms with Gasteiger partial charge in [0.15, 0.2) is 0 Å². The molecule has 2 fully saturated rings. The lowest BCUT2D eigenvalue weighted by atomic mass is 9.95. The standard InChI is InChI=1S/C29H33F4N7O3/c1-16-13-39(14-17(2)38(16)4)25-9-23(30)20(19-10-35-28(36-11-19)40-5-6-43-15-18(40)3)7-24(25)37-27(42)21-12-34-26(41)8-22(21)29(31,32)33/h7-12,16-18,21H,5-6,13-15H2,1-4H3,(H,37,42)/t16-,17+,18-,21?/m1/s1. The molecule has 0 radical (unpaired) electrons. The highest BCUT2D eigenvalue weighted by molar-refractivity contribution is 6.11. The molecule has 1 aromatic carbocycles. The number of ether oxygens (including phenoxy) is 1. The van der Waals surface area contributed by atoms with Gasteiger partial charge in [0.2, 0.25) is 11.9 Å². The van der Waals surface area contributed by atoms with Crippen molar-refractivity contribution in [1.29, 1.82) is 0 Å². The smallest absolute Gasteiger partial charge is 0.377 e. The third kappa shape index (κ3) is 6.39. The van der Waals surface area contributed by atoms with E-state index < -0.39 is 35.3 Å². The summed E-state index contributed by atoms with van der Waals surface area (Å²) in [5, 5.41) is 2.57. The first-order chi connectivity index (χ1) is 20.3. The second kappa shape index (κ2) is 12.0. The molecule has 43 heavy (non-hydrogen) atoms. The zero-order chi connectivity index (χ0) is 31.1. The Labute approximate surface area is 246 Å². The Morgan fingerprint density at radius 1 is 1.07 bits per heavy atom. The van der Waals surface area contributed by atoms with Crippen LogP contribution >= 0.6 is 0 Å². The number of halogens is 4. The van der Waals surface area contributed by atoms with Gasteiger partial charge >= 0.3 is 6.18 Å². The van der Waals surface area contributed by atoms with Gasteiger partial charge in [-0.15, -0.1) is 0 Å². The third-order valence-electron chi connectivity index (χ3n) is 8.19. The number of hydrogen-bond acceptors (Lipinski definition) is 8. The number of likely N-dealkylation sites (N-methyl/N-ethyl adjacent to an activating group) is 1. The zero-order valence-electron chi connectivity index (χ0n) is 24.2. The van der Waals surface area contributed by atoms with Crippen LogP contribution in [0.4, 0.5) is 34.9 Å². The lowest BCUT2D eigenvalue weighted by Crippen LogP contribution is -2.55. The van der Waals surface area contributed by atoms with Crippen LogP contribution in [-0.2, 0) is 14.3 Å². The molecule has 1 unspecified atom stereocenters. The molecule has 0 saturated carbocycles. The molecular formula is C29H33F4N7O3. The Bertz CT molecular complexity index is 1430. The second-order valence-electron chi connectivity index (χ2n) is 11.2. The summed E-state index contributed by atoms with van der Waals surface area (Å²) in [4.78, 5) is 43.2. The molecule has 14 heteroatoms. The van der Waals surface area contributed by atoms with Crippen molar-refractivity contribution in [2.75, 3.05) is 55.0 Å². The number of amides is 2. The number of benzene rings is 1. The summed E-state index contributed by atoms with van der Waals surface area (Å²) in [7, 11) is 1.98. The third-order valence-corrected chi connectivity index (χ3v) is 8.19. The first-order valence-corrected chi connectivity index (χ1v) is 14.0. The lowest BCUT2D eigenvalue weighted by molar-refractivity contribution is -0.124. The van der Waals surface area contributed by atoms with Gasteiger partial charge in [-0.25, -0.2) is 19.4 Å². The van der Waals surface area contributed by atoms with Crippen LogP contribution in [0.5, 0.6) is 0 Å². The predicted molar refractivity (Wildman–Crippen MR) is 154 cm³/mol. The zero-order valence-corrected chi connectivity index (χ0v) is 24.2. The number of aliphatic imine (C=N–C) groups is 1. The fourth-order valence-corrected chi connectivity index (χ4v) is 5.55. The van der Waals surface area contributed by atoms with Gasteiger partial charge in [-0.2, -0.15) is 13.2 Å². The maximum absolute atomic E-state index is 15.8. The van der Waals surface area contributed by atoms with Gasteiger partial charge in [0.05, 0.1) is 36.2 Å². The monoisotopic (exact) mass is 603 g/mol. The van der Waals surface area contributed by atoms with Crippen molar-refractivity contribution < 1.29 is 31.9 Å². The number of nitrogens with one attached hydrogen (secondary N) is 1. The van der Waals surface area contributed by atoms with Crippen molar-refractivity contribution in [2.24, 2.45) is 10.9 Å². The van der Waals surface area contributed by atoms with Gasteiger partial charge in [-0.3, -0.25) is 14.5 Å². The van der Waals surface area contributed by atoms with Crippen LogP contribution in [0.1, 0.15) is 20.8 Å². The maximum atomic E-state index is 15.8. The van der Waals surface area contributed by atoms with Crippen LogP contribution in [-0.4, -0.2) is 97.1 Å². The molecule has 2 aromatic rings. The molecule has 0 aliphatic carbocycles.